The molecule has 1 aliphatic heterocycles. The Morgan fingerprint density at radius 1 is 1.15 bits per heavy atom. The van der Waals surface area contributed by atoms with Gasteiger partial charge in [-0.15, -0.1) is 0 Å². The minimum absolute atomic E-state index is 0.116. The van der Waals surface area contributed by atoms with Crippen LogP contribution in [0.2, 0.25) is 0 Å². The highest BCUT2D eigenvalue weighted by atomic mass is 19.3. The topological polar surface area (TPSA) is 73.1 Å². The number of halogens is 3. The van der Waals surface area contributed by atoms with Crippen LogP contribution in [-0.4, -0.2) is 31.2 Å². The molecule has 0 bridgehead atoms. The maximum Gasteiger partial charge on any atom is 0.387 e. The Labute approximate surface area is 187 Å². The Balaban J connectivity index is 1.61. The quantitative estimate of drug-likeness (QED) is 0.460. The van der Waals surface area contributed by atoms with Gasteiger partial charge >= 0.3 is 6.61 Å². The molecule has 1 aliphatic rings. The van der Waals surface area contributed by atoms with Crippen molar-refractivity contribution in [2.24, 2.45) is 0 Å². The second-order valence-electron chi connectivity index (χ2n) is 8.54. The maximum atomic E-state index is 15.0. The largest absolute Gasteiger partial charge is 0.434 e. The van der Waals surface area contributed by atoms with Gasteiger partial charge in [-0.05, 0) is 32.4 Å². The zero-order valence-corrected chi connectivity index (χ0v) is 18.0. The number of fused-ring (bicyclic) bond motifs is 3. The molecular weight excluding hydrogens is 433 g/mol. The van der Waals surface area contributed by atoms with E-state index in [1.165, 1.54) is 24.5 Å². The summed E-state index contributed by atoms with van der Waals surface area (Å²) in [7, 11) is 0. The van der Waals surface area contributed by atoms with E-state index in [0.29, 0.717) is 35.0 Å². The van der Waals surface area contributed by atoms with Crippen molar-refractivity contribution >= 4 is 11.0 Å². The van der Waals surface area contributed by atoms with E-state index in [-0.39, 0.29) is 23.2 Å². The second-order valence-corrected chi connectivity index (χ2v) is 8.54. The number of aliphatic hydroxyl groups is 1. The Morgan fingerprint density at radius 3 is 2.58 bits per heavy atom. The molecule has 0 fully saturated rings. The smallest absolute Gasteiger partial charge is 0.387 e. The van der Waals surface area contributed by atoms with Crippen molar-refractivity contribution in [2.75, 3.05) is 0 Å². The van der Waals surface area contributed by atoms with Crippen LogP contribution in [0.15, 0.2) is 48.8 Å². The molecule has 0 amide bonds. The van der Waals surface area contributed by atoms with Gasteiger partial charge in [-0.25, -0.2) is 19.3 Å². The Morgan fingerprint density at radius 2 is 1.88 bits per heavy atom. The average Bonchev–Trinajstić information content (AvgIpc) is 3.31. The molecule has 6 nitrogen and oxygen atoms in total. The van der Waals surface area contributed by atoms with Gasteiger partial charge in [0.2, 0.25) is 0 Å². The summed E-state index contributed by atoms with van der Waals surface area (Å²) in [6, 6.07) is 9.47. The summed E-state index contributed by atoms with van der Waals surface area (Å²) >= 11 is 0. The van der Waals surface area contributed by atoms with Crippen molar-refractivity contribution in [3.05, 3.63) is 71.8 Å². The molecule has 2 aromatic carbocycles. The number of ether oxygens (including phenoxy) is 1. The van der Waals surface area contributed by atoms with Crippen LogP contribution in [0.5, 0.6) is 5.75 Å². The molecule has 3 heterocycles. The Kier molecular flexibility index (Phi) is 5.08. The number of para-hydroxylation sites is 1. The molecule has 9 heteroatoms. The molecule has 0 aliphatic carbocycles. The first kappa shape index (κ1) is 21.4. The zero-order valence-electron chi connectivity index (χ0n) is 18.0. The molecule has 5 rings (SSSR count). The van der Waals surface area contributed by atoms with E-state index in [0.717, 1.165) is 5.82 Å². The minimum atomic E-state index is -2.93. The van der Waals surface area contributed by atoms with Gasteiger partial charge in [0, 0.05) is 41.6 Å². The number of imidazole rings is 1. The summed E-state index contributed by atoms with van der Waals surface area (Å²) in [5, 5.41) is 10.1. The van der Waals surface area contributed by atoms with E-state index < -0.39 is 18.0 Å². The molecule has 170 valence electrons. The number of hydrogen-bond donors (Lipinski definition) is 1. The van der Waals surface area contributed by atoms with E-state index in [1.54, 1.807) is 38.1 Å². The molecule has 4 aromatic rings. The van der Waals surface area contributed by atoms with Crippen LogP contribution in [-0.2, 0) is 12.0 Å². The van der Waals surface area contributed by atoms with Crippen LogP contribution in [0, 0.1) is 5.82 Å². The summed E-state index contributed by atoms with van der Waals surface area (Å²) in [6.07, 6.45) is 4.23. The van der Waals surface area contributed by atoms with E-state index in [1.807, 2.05) is 4.57 Å². The van der Waals surface area contributed by atoms with Crippen molar-refractivity contribution < 1.29 is 23.0 Å². The fourth-order valence-corrected chi connectivity index (χ4v) is 4.34. The fourth-order valence-electron chi connectivity index (χ4n) is 4.34. The molecule has 0 saturated carbocycles. The van der Waals surface area contributed by atoms with Gasteiger partial charge in [-0.2, -0.15) is 8.78 Å². The van der Waals surface area contributed by atoms with Gasteiger partial charge in [0.05, 0.1) is 17.1 Å². The number of aromatic nitrogens is 4. The summed E-state index contributed by atoms with van der Waals surface area (Å²) in [4.78, 5) is 12.9. The van der Waals surface area contributed by atoms with E-state index in [9.17, 15) is 18.3 Å². The van der Waals surface area contributed by atoms with E-state index in [2.05, 4.69) is 15.0 Å². The highest BCUT2D eigenvalue weighted by Gasteiger charge is 2.30. The first-order valence-electron chi connectivity index (χ1n) is 10.5. The molecule has 1 atom stereocenters. The van der Waals surface area contributed by atoms with E-state index in [4.69, 9.17) is 4.74 Å². The number of aryl methyl sites for hydroxylation is 1. The fraction of sp³-hybridized carbons (Fsp3) is 0.292. The van der Waals surface area contributed by atoms with Crippen LogP contribution >= 0.6 is 0 Å². The number of benzene rings is 2. The third-order valence-corrected chi connectivity index (χ3v) is 5.81. The van der Waals surface area contributed by atoms with Crippen LogP contribution < -0.4 is 4.74 Å². The molecule has 1 unspecified atom stereocenters. The van der Waals surface area contributed by atoms with Gasteiger partial charge in [0.1, 0.15) is 23.0 Å². The van der Waals surface area contributed by atoms with Crippen molar-refractivity contribution in [1.82, 2.24) is 19.5 Å². The normalized spacial score (nSPS) is 15.9. The Hall–Kier alpha value is -3.46. The van der Waals surface area contributed by atoms with Gasteiger partial charge in [0.25, 0.3) is 0 Å². The first-order valence-corrected chi connectivity index (χ1v) is 10.5. The molecule has 0 saturated heterocycles. The van der Waals surface area contributed by atoms with Crippen LogP contribution in [0.1, 0.15) is 43.5 Å². The van der Waals surface area contributed by atoms with Gasteiger partial charge < -0.3 is 14.4 Å². The number of hydrogen-bond acceptors (Lipinski definition) is 5. The lowest BCUT2D eigenvalue weighted by atomic mass is 10.0. The molecule has 33 heavy (non-hydrogen) atoms. The minimum Gasteiger partial charge on any atom is -0.434 e. The Bertz CT molecular complexity index is 1330. The second kappa shape index (κ2) is 7.84. The van der Waals surface area contributed by atoms with Crippen molar-refractivity contribution in [3.8, 4) is 16.9 Å². The molecular formula is C24H21F3N4O2. The maximum absolute atomic E-state index is 15.0. The van der Waals surface area contributed by atoms with Gasteiger partial charge in [-0.3, -0.25) is 0 Å². The van der Waals surface area contributed by atoms with Crippen LogP contribution in [0.25, 0.3) is 22.2 Å². The molecule has 2 aromatic heterocycles. The summed E-state index contributed by atoms with van der Waals surface area (Å²) < 4.78 is 47.6. The van der Waals surface area contributed by atoms with Crippen molar-refractivity contribution in [2.45, 2.75) is 44.9 Å². The number of alkyl halides is 2. The number of rotatable bonds is 5. The zero-order chi connectivity index (χ0) is 23.3. The average molecular weight is 454 g/mol. The summed E-state index contributed by atoms with van der Waals surface area (Å²) in [6.45, 7) is 0.207. The predicted octanol–water partition coefficient (Wildman–Crippen LogP) is 5.00. The predicted molar refractivity (Wildman–Crippen MR) is 115 cm³/mol. The standard InChI is InChI=1S/C24H21F3N4O2/c1-24(2,32)22-28-11-13(12-29-22)15-9-19-17(10-16(15)25)30-21-8-7-18(31(19)21)14-5-3-4-6-20(14)33-23(26)27/h3-6,9-12,18,23,32H,7-8H2,1-2H3. The van der Waals surface area contributed by atoms with Crippen LogP contribution in [0.3, 0.4) is 0 Å². The van der Waals surface area contributed by atoms with Crippen molar-refractivity contribution in [1.29, 1.82) is 0 Å². The monoisotopic (exact) mass is 454 g/mol. The molecule has 0 radical (unpaired) electrons. The molecule has 1 N–H and O–H groups in total. The third kappa shape index (κ3) is 3.82. The lowest BCUT2D eigenvalue weighted by Gasteiger charge is -2.19. The third-order valence-electron chi connectivity index (χ3n) is 5.81. The SMILES string of the molecule is CC(C)(O)c1ncc(-c2cc3c(cc2F)nc2n3C(c3ccccc3OC(F)F)CC2)cn1. The van der Waals surface area contributed by atoms with E-state index >= 15 is 0 Å². The molecule has 0 spiro atoms. The van der Waals surface area contributed by atoms with Crippen LogP contribution in [0.4, 0.5) is 13.2 Å². The van der Waals surface area contributed by atoms with Gasteiger partial charge in [0.15, 0.2) is 5.82 Å². The lowest BCUT2D eigenvalue weighted by Crippen LogP contribution is -2.19. The lowest BCUT2D eigenvalue weighted by molar-refractivity contribution is -0.0506. The van der Waals surface area contributed by atoms with Crippen molar-refractivity contribution in [3.63, 3.8) is 0 Å². The highest BCUT2D eigenvalue weighted by Crippen LogP contribution is 2.40. The summed E-state index contributed by atoms with van der Waals surface area (Å²) in [5.74, 6) is 0.628. The summed E-state index contributed by atoms with van der Waals surface area (Å²) in [5.41, 5.74) is 1.32. The number of nitrogens with zero attached hydrogens (tertiary/aromatic N) is 4. The van der Waals surface area contributed by atoms with Gasteiger partial charge in [-0.1, -0.05) is 18.2 Å². The highest BCUT2D eigenvalue weighted by molar-refractivity contribution is 5.83. The first-order chi connectivity index (χ1) is 15.7.